The molecular formula is C2H15CrO8+. The van der Waals surface area contributed by atoms with Crippen LogP contribution in [0.25, 0.3) is 0 Å². The fraction of sp³-hybridized carbons (Fsp3) is 0.500. The van der Waals surface area contributed by atoms with E-state index >= 15 is 0 Å². The largest absolute Gasteiger partial charge is 2.00 e. The van der Waals surface area contributed by atoms with Crippen molar-refractivity contribution in [3.63, 3.8) is 0 Å². The van der Waals surface area contributed by atoms with E-state index in [4.69, 9.17) is 9.90 Å². The Labute approximate surface area is 73.8 Å². The van der Waals surface area contributed by atoms with Gasteiger partial charge in [-0.3, -0.25) is 0 Å². The number of carboxylic acid groups (broad SMARTS) is 1. The second kappa shape index (κ2) is 98.2. The van der Waals surface area contributed by atoms with E-state index in [1.165, 1.54) is 0 Å². The Balaban J connectivity index is -0.00000000214. The Morgan fingerprint density at radius 1 is 0.909 bits per heavy atom. The molecule has 11 heavy (non-hydrogen) atoms. The van der Waals surface area contributed by atoms with Gasteiger partial charge in [0, 0.05) is 5.97 Å². The monoisotopic (exact) mass is 219 g/mol. The molecule has 0 aliphatic carbocycles. The molecule has 0 rings (SSSR count). The van der Waals surface area contributed by atoms with Crippen LogP contribution in [-0.4, -0.2) is 38.8 Å². The van der Waals surface area contributed by atoms with Gasteiger partial charge in [-0.15, -0.1) is 0 Å². The van der Waals surface area contributed by atoms with E-state index in [1.807, 2.05) is 0 Å². The van der Waals surface area contributed by atoms with Crippen LogP contribution < -0.4 is 5.11 Å². The molecule has 0 bridgehead atoms. The topological polar surface area (TPSA) is 229 Å². The quantitative estimate of drug-likeness (QED) is 0.386. The maximum absolute atomic E-state index is 8.89. The average molecular weight is 219 g/mol. The molecule has 0 amide bonds. The van der Waals surface area contributed by atoms with Crippen LogP contribution in [0.15, 0.2) is 0 Å². The fourth-order valence-electron chi connectivity index (χ4n) is 0. The van der Waals surface area contributed by atoms with Crippen LogP contribution in [0.1, 0.15) is 6.92 Å². The molecule has 0 aromatic carbocycles. The van der Waals surface area contributed by atoms with Crippen LogP contribution in [0.5, 0.6) is 0 Å². The molecule has 0 spiro atoms. The molecule has 0 heterocycles. The van der Waals surface area contributed by atoms with Crippen molar-refractivity contribution in [2.24, 2.45) is 0 Å². The first-order chi connectivity index (χ1) is 1.73. The van der Waals surface area contributed by atoms with Crippen molar-refractivity contribution >= 4 is 5.97 Å². The van der Waals surface area contributed by atoms with Gasteiger partial charge in [0.05, 0.1) is 0 Å². The molecule has 0 atom stereocenters. The number of carbonyl (C=O) groups excluding carboxylic acids is 1. The molecule has 0 unspecified atom stereocenters. The van der Waals surface area contributed by atoms with Crippen molar-refractivity contribution in [2.45, 2.75) is 6.92 Å². The Morgan fingerprint density at radius 3 is 0.909 bits per heavy atom. The van der Waals surface area contributed by atoms with Crippen LogP contribution in [0, 0.1) is 0 Å². The Hall–Kier alpha value is -0.238. The number of aliphatic carboxylic acids is 1. The van der Waals surface area contributed by atoms with Crippen LogP contribution in [-0.2, 0) is 22.2 Å². The summed E-state index contributed by atoms with van der Waals surface area (Å²) in [6.07, 6.45) is 0. The molecule has 0 aliphatic rings. The third kappa shape index (κ3) is 10400. The molecule has 0 saturated heterocycles. The SMILES string of the molecule is CC(=O)[O-].O.O.O.O.O.O.[Cr+2]. The minimum atomic E-state index is -1.08. The van der Waals surface area contributed by atoms with E-state index in [9.17, 15) is 0 Å². The first-order valence-electron chi connectivity index (χ1n) is 0.908. The second-order valence-corrected chi connectivity index (χ2v) is 0.492. The first kappa shape index (κ1) is 134. The summed E-state index contributed by atoms with van der Waals surface area (Å²) < 4.78 is 0. The van der Waals surface area contributed by atoms with E-state index in [-0.39, 0.29) is 50.2 Å². The predicted molar refractivity (Wildman–Crippen MR) is 32.4 cm³/mol. The molecule has 0 aromatic rings. The molecule has 12 N–H and O–H groups in total. The standard InChI is InChI=1S/C2H4O2.Cr.6H2O/c1-2(3)4;;;;;;;/h1H3,(H,3,4);;6*1H2/q;+2;;;;;;/p-1. The molecule has 0 aromatic heterocycles. The smallest absolute Gasteiger partial charge is 0.550 e. The van der Waals surface area contributed by atoms with E-state index in [0.29, 0.717) is 0 Å². The normalized spacial score (nSPS) is 2.27. The molecule has 0 radical (unpaired) electrons. The molecular weight excluding hydrogens is 204 g/mol. The number of hydrogen-bond donors (Lipinski definition) is 0. The summed E-state index contributed by atoms with van der Waals surface area (Å²) in [6, 6.07) is 0. The van der Waals surface area contributed by atoms with Gasteiger partial charge in [0.2, 0.25) is 0 Å². The summed E-state index contributed by atoms with van der Waals surface area (Å²) in [5.74, 6) is -1.08. The van der Waals surface area contributed by atoms with E-state index in [0.717, 1.165) is 6.92 Å². The summed E-state index contributed by atoms with van der Waals surface area (Å²) in [6.45, 7) is 0.972. The zero-order valence-electron chi connectivity index (χ0n) is 5.72. The summed E-state index contributed by atoms with van der Waals surface area (Å²) in [4.78, 5) is 8.89. The summed E-state index contributed by atoms with van der Waals surface area (Å²) in [5, 5.41) is 8.89. The summed E-state index contributed by atoms with van der Waals surface area (Å²) >= 11 is 0. The minimum absolute atomic E-state index is 0. The third-order valence-corrected chi connectivity index (χ3v) is 0. The maximum Gasteiger partial charge on any atom is 2.00 e. The fourth-order valence-corrected chi connectivity index (χ4v) is 0. The summed E-state index contributed by atoms with van der Waals surface area (Å²) in [7, 11) is 0. The summed E-state index contributed by atoms with van der Waals surface area (Å²) in [5.41, 5.74) is 0. The van der Waals surface area contributed by atoms with Gasteiger partial charge < -0.3 is 42.8 Å². The van der Waals surface area contributed by atoms with Crippen molar-refractivity contribution in [2.75, 3.05) is 0 Å². The Morgan fingerprint density at radius 2 is 0.909 bits per heavy atom. The van der Waals surface area contributed by atoms with Gasteiger partial charge in [0.15, 0.2) is 0 Å². The van der Waals surface area contributed by atoms with Crippen LogP contribution in [0.3, 0.4) is 0 Å². The zero-order chi connectivity index (χ0) is 3.58. The van der Waals surface area contributed by atoms with E-state index < -0.39 is 5.97 Å². The van der Waals surface area contributed by atoms with Gasteiger partial charge in [-0.1, -0.05) is 0 Å². The first-order valence-corrected chi connectivity index (χ1v) is 0.908. The van der Waals surface area contributed by atoms with Gasteiger partial charge in [0.25, 0.3) is 0 Å². The molecule has 0 saturated carbocycles. The van der Waals surface area contributed by atoms with Crippen molar-refractivity contribution in [3.05, 3.63) is 0 Å². The van der Waals surface area contributed by atoms with Crippen LogP contribution in [0.4, 0.5) is 0 Å². The minimum Gasteiger partial charge on any atom is -0.550 e. The van der Waals surface area contributed by atoms with E-state index in [2.05, 4.69) is 0 Å². The Bertz CT molecular complexity index is 35.1. The predicted octanol–water partition coefficient (Wildman–Crippen LogP) is -6.19. The molecule has 9 heteroatoms. The number of carboxylic acids is 1. The molecule has 76 valence electrons. The van der Waals surface area contributed by atoms with Crippen molar-refractivity contribution in [1.82, 2.24) is 0 Å². The van der Waals surface area contributed by atoms with Crippen LogP contribution in [0.2, 0.25) is 0 Å². The average Bonchev–Trinajstić information content (AvgIpc) is 0.811. The molecule has 0 fully saturated rings. The van der Waals surface area contributed by atoms with E-state index in [1.54, 1.807) is 0 Å². The maximum atomic E-state index is 8.89. The zero-order valence-corrected chi connectivity index (χ0v) is 7.00. The number of rotatable bonds is 0. The van der Waals surface area contributed by atoms with Gasteiger partial charge in [-0.2, -0.15) is 0 Å². The molecule has 8 nitrogen and oxygen atoms in total. The molecule has 0 aliphatic heterocycles. The van der Waals surface area contributed by atoms with Gasteiger partial charge in [0.1, 0.15) is 0 Å². The van der Waals surface area contributed by atoms with Crippen LogP contribution >= 0.6 is 0 Å². The van der Waals surface area contributed by atoms with Crippen molar-refractivity contribution < 1.29 is 60.1 Å². The van der Waals surface area contributed by atoms with Gasteiger partial charge in [-0.05, 0) is 6.92 Å². The number of hydrogen-bond acceptors (Lipinski definition) is 2. The second-order valence-electron chi connectivity index (χ2n) is 0.492. The van der Waals surface area contributed by atoms with Crippen molar-refractivity contribution in [1.29, 1.82) is 0 Å². The van der Waals surface area contributed by atoms with Gasteiger partial charge >= 0.3 is 17.4 Å². The van der Waals surface area contributed by atoms with Gasteiger partial charge in [-0.25, -0.2) is 0 Å². The Kier molecular flexibility index (Phi) is 1200. The number of carbonyl (C=O) groups is 1. The third-order valence-electron chi connectivity index (χ3n) is 0. The van der Waals surface area contributed by atoms with Crippen molar-refractivity contribution in [3.8, 4) is 0 Å².